The molecule has 3 rings (SSSR count). The van der Waals surface area contributed by atoms with Gasteiger partial charge in [0.2, 0.25) is 0 Å². The molecule has 1 aromatic carbocycles. The molecule has 1 aliphatic rings. The van der Waals surface area contributed by atoms with Gasteiger partial charge in [0.05, 0.1) is 18.2 Å². The molecule has 1 unspecified atom stereocenters. The topological polar surface area (TPSA) is 71.5 Å². The van der Waals surface area contributed by atoms with E-state index in [-0.39, 0.29) is 11.6 Å². The minimum atomic E-state index is -0.957. The SMILES string of the molecule is O=C(O)c1cnc(NC2CCCOC2)c2ccccc12. The van der Waals surface area contributed by atoms with Crippen LogP contribution in [0.2, 0.25) is 0 Å². The zero-order valence-electron chi connectivity index (χ0n) is 11.0. The Balaban J connectivity index is 1.99. The predicted octanol–water partition coefficient (Wildman–Crippen LogP) is 2.52. The zero-order valence-corrected chi connectivity index (χ0v) is 11.0. The number of hydrogen-bond acceptors (Lipinski definition) is 4. The second-order valence-electron chi connectivity index (χ2n) is 4.93. The monoisotopic (exact) mass is 272 g/mol. The molecule has 5 heteroatoms. The molecule has 1 aromatic heterocycles. The molecule has 0 aliphatic carbocycles. The van der Waals surface area contributed by atoms with Crippen LogP contribution in [0.3, 0.4) is 0 Å². The van der Waals surface area contributed by atoms with Crippen molar-refractivity contribution >= 4 is 22.6 Å². The Morgan fingerprint density at radius 3 is 2.85 bits per heavy atom. The summed E-state index contributed by atoms with van der Waals surface area (Å²) in [4.78, 5) is 15.5. The maximum absolute atomic E-state index is 11.2. The van der Waals surface area contributed by atoms with E-state index in [2.05, 4.69) is 10.3 Å². The summed E-state index contributed by atoms with van der Waals surface area (Å²) in [5, 5.41) is 14.1. The summed E-state index contributed by atoms with van der Waals surface area (Å²) in [5.41, 5.74) is 0.228. The van der Waals surface area contributed by atoms with E-state index in [9.17, 15) is 9.90 Å². The molecular weight excluding hydrogens is 256 g/mol. The quantitative estimate of drug-likeness (QED) is 0.898. The van der Waals surface area contributed by atoms with E-state index < -0.39 is 5.97 Å². The highest BCUT2D eigenvalue weighted by molar-refractivity contribution is 6.06. The fourth-order valence-corrected chi connectivity index (χ4v) is 2.53. The number of nitrogens with one attached hydrogen (secondary N) is 1. The highest BCUT2D eigenvalue weighted by Gasteiger charge is 2.17. The molecule has 0 radical (unpaired) electrons. The van der Waals surface area contributed by atoms with Gasteiger partial charge in [-0.25, -0.2) is 9.78 Å². The van der Waals surface area contributed by atoms with Gasteiger partial charge in [-0.3, -0.25) is 0 Å². The van der Waals surface area contributed by atoms with Crippen molar-refractivity contribution in [1.29, 1.82) is 0 Å². The summed E-state index contributed by atoms with van der Waals surface area (Å²) in [6.45, 7) is 1.47. The van der Waals surface area contributed by atoms with Crippen LogP contribution in [0.5, 0.6) is 0 Å². The Hall–Kier alpha value is -2.14. The first-order valence-electron chi connectivity index (χ1n) is 6.71. The smallest absolute Gasteiger partial charge is 0.337 e. The van der Waals surface area contributed by atoms with E-state index in [1.165, 1.54) is 6.20 Å². The standard InChI is InChI=1S/C15H16N2O3/c18-15(19)13-8-16-14(12-6-2-1-5-11(12)13)17-10-4-3-7-20-9-10/h1-2,5-6,8,10H,3-4,7,9H2,(H,16,17)(H,18,19). The zero-order chi connectivity index (χ0) is 13.9. The maximum Gasteiger partial charge on any atom is 0.337 e. The van der Waals surface area contributed by atoms with Crippen LogP contribution >= 0.6 is 0 Å². The molecule has 1 aliphatic heterocycles. The van der Waals surface area contributed by atoms with Crippen LogP contribution in [0.15, 0.2) is 30.5 Å². The maximum atomic E-state index is 11.2. The van der Waals surface area contributed by atoms with E-state index in [1.54, 1.807) is 0 Å². The lowest BCUT2D eigenvalue weighted by Gasteiger charge is -2.24. The van der Waals surface area contributed by atoms with Crippen LogP contribution in [-0.4, -0.2) is 35.3 Å². The average Bonchev–Trinajstić information content (AvgIpc) is 2.48. The summed E-state index contributed by atoms with van der Waals surface area (Å²) in [7, 11) is 0. The van der Waals surface area contributed by atoms with Crippen LogP contribution in [-0.2, 0) is 4.74 Å². The van der Waals surface area contributed by atoms with Crippen molar-refractivity contribution in [2.45, 2.75) is 18.9 Å². The average molecular weight is 272 g/mol. The molecule has 2 aromatic rings. The summed E-state index contributed by atoms with van der Waals surface area (Å²) in [6.07, 6.45) is 3.48. The van der Waals surface area contributed by atoms with Crippen molar-refractivity contribution in [3.8, 4) is 0 Å². The summed E-state index contributed by atoms with van der Waals surface area (Å²) in [5.74, 6) is -0.234. The number of anilines is 1. The van der Waals surface area contributed by atoms with E-state index >= 15 is 0 Å². The van der Waals surface area contributed by atoms with E-state index in [1.807, 2.05) is 24.3 Å². The first-order valence-corrected chi connectivity index (χ1v) is 6.71. The molecule has 1 atom stereocenters. The fourth-order valence-electron chi connectivity index (χ4n) is 2.53. The van der Waals surface area contributed by atoms with Gasteiger partial charge >= 0.3 is 5.97 Å². The first-order chi connectivity index (χ1) is 9.75. The molecule has 0 spiro atoms. The number of fused-ring (bicyclic) bond motifs is 1. The van der Waals surface area contributed by atoms with Crippen molar-refractivity contribution in [1.82, 2.24) is 4.98 Å². The van der Waals surface area contributed by atoms with E-state index in [0.29, 0.717) is 12.0 Å². The summed E-state index contributed by atoms with van der Waals surface area (Å²) >= 11 is 0. The van der Waals surface area contributed by atoms with Gasteiger partial charge in [-0.15, -0.1) is 0 Å². The van der Waals surface area contributed by atoms with E-state index in [4.69, 9.17) is 4.74 Å². The minimum Gasteiger partial charge on any atom is -0.478 e. The number of carbonyl (C=O) groups is 1. The van der Waals surface area contributed by atoms with Gasteiger partial charge in [0, 0.05) is 23.6 Å². The lowest BCUT2D eigenvalue weighted by Crippen LogP contribution is -2.30. The molecule has 0 bridgehead atoms. The number of nitrogens with zero attached hydrogens (tertiary/aromatic N) is 1. The van der Waals surface area contributed by atoms with Crippen LogP contribution in [0.25, 0.3) is 10.8 Å². The summed E-state index contributed by atoms with van der Waals surface area (Å²) < 4.78 is 5.44. The first kappa shape index (κ1) is 12.9. The van der Waals surface area contributed by atoms with Crippen LogP contribution in [0.1, 0.15) is 23.2 Å². The van der Waals surface area contributed by atoms with E-state index in [0.717, 1.165) is 30.7 Å². The van der Waals surface area contributed by atoms with Crippen molar-refractivity contribution < 1.29 is 14.6 Å². The Bertz CT molecular complexity index is 636. The molecule has 1 fully saturated rings. The second-order valence-corrected chi connectivity index (χ2v) is 4.93. The van der Waals surface area contributed by atoms with Crippen LogP contribution < -0.4 is 5.32 Å². The third-order valence-corrected chi connectivity index (χ3v) is 3.53. The summed E-state index contributed by atoms with van der Waals surface area (Å²) in [6, 6.07) is 7.65. The highest BCUT2D eigenvalue weighted by Crippen LogP contribution is 2.25. The Morgan fingerprint density at radius 1 is 1.35 bits per heavy atom. The lowest BCUT2D eigenvalue weighted by atomic mass is 10.1. The Morgan fingerprint density at radius 2 is 2.15 bits per heavy atom. The second kappa shape index (κ2) is 5.46. The van der Waals surface area contributed by atoms with Gasteiger partial charge < -0.3 is 15.2 Å². The lowest BCUT2D eigenvalue weighted by molar-refractivity contribution is 0.0698. The van der Waals surface area contributed by atoms with Gasteiger partial charge in [0.25, 0.3) is 0 Å². The number of pyridine rings is 1. The number of carboxylic acids is 1. The van der Waals surface area contributed by atoms with Crippen molar-refractivity contribution in [2.24, 2.45) is 0 Å². The third kappa shape index (κ3) is 2.44. The highest BCUT2D eigenvalue weighted by atomic mass is 16.5. The number of ether oxygens (including phenoxy) is 1. The van der Waals surface area contributed by atoms with Gasteiger partial charge in [0.1, 0.15) is 5.82 Å². The minimum absolute atomic E-state index is 0.228. The molecule has 104 valence electrons. The normalized spacial score (nSPS) is 18.9. The molecule has 2 N–H and O–H groups in total. The van der Waals surface area contributed by atoms with Crippen LogP contribution in [0.4, 0.5) is 5.82 Å². The molecular formula is C15H16N2O3. The molecule has 2 heterocycles. The fraction of sp³-hybridized carbons (Fsp3) is 0.333. The largest absolute Gasteiger partial charge is 0.478 e. The van der Waals surface area contributed by atoms with Gasteiger partial charge in [-0.05, 0) is 12.8 Å². The van der Waals surface area contributed by atoms with Crippen LogP contribution in [0, 0.1) is 0 Å². The van der Waals surface area contributed by atoms with Gasteiger partial charge in [-0.1, -0.05) is 24.3 Å². The number of rotatable bonds is 3. The van der Waals surface area contributed by atoms with Crippen molar-refractivity contribution in [2.75, 3.05) is 18.5 Å². The number of hydrogen-bond donors (Lipinski definition) is 2. The van der Waals surface area contributed by atoms with Gasteiger partial charge in [-0.2, -0.15) is 0 Å². The molecule has 5 nitrogen and oxygen atoms in total. The predicted molar refractivity (Wildman–Crippen MR) is 76.2 cm³/mol. The molecule has 0 saturated carbocycles. The molecule has 20 heavy (non-hydrogen) atoms. The van der Waals surface area contributed by atoms with Crippen molar-refractivity contribution in [3.05, 3.63) is 36.0 Å². The third-order valence-electron chi connectivity index (χ3n) is 3.53. The van der Waals surface area contributed by atoms with Gasteiger partial charge in [0.15, 0.2) is 0 Å². The van der Waals surface area contributed by atoms with Crippen molar-refractivity contribution in [3.63, 3.8) is 0 Å². The number of carboxylic acid groups (broad SMARTS) is 1. The number of aromatic nitrogens is 1. The molecule has 1 saturated heterocycles. The molecule has 0 amide bonds. The Kier molecular flexibility index (Phi) is 3.52. The number of benzene rings is 1. The number of aromatic carboxylic acids is 1. The Labute approximate surface area is 116 Å².